The van der Waals surface area contributed by atoms with E-state index in [0.717, 1.165) is 10.0 Å². The van der Waals surface area contributed by atoms with Crippen LogP contribution in [0.5, 0.6) is 5.75 Å². The molecule has 3 rings (SSSR count). The normalized spacial score (nSPS) is 10.2. The Bertz CT molecular complexity index is 820. The molecular formula is C19H15BrN2O2. The molecule has 0 saturated heterocycles. The molecule has 1 heterocycles. The van der Waals surface area contributed by atoms with Gasteiger partial charge in [-0.25, -0.2) is 0 Å². The Morgan fingerprint density at radius 3 is 2.58 bits per heavy atom. The number of benzene rings is 2. The molecule has 0 atom stereocenters. The van der Waals surface area contributed by atoms with E-state index in [0.29, 0.717) is 23.6 Å². The van der Waals surface area contributed by atoms with Gasteiger partial charge < -0.3 is 10.1 Å². The number of aromatic nitrogens is 1. The van der Waals surface area contributed by atoms with Gasteiger partial charge in [0.15, 0.2) is 0 Å². The minimum Gasteiger partial charge on any atom is -0.488 e. The summed E-state index contributed by atoms with van der Waals surface area (Å²) in [6.07, 6.45) is 3.26. The van der Waals surface area contributed by atoms with Gasteiger partial charge in [0.2, 0.25) is 0 Å². The average molecular weight is 383 g/mol. The number of nitrogens with zero attached hydrogens (tertiary/aromatic N) is 1. The number of rotatable bonds is 5. The van der Waals surface area contributed by atoms with Crippen molar-refractivity contribution >= 4 is 27.5 Å². The van der Waals surface area contributed by atoms with E-state index in [1.54, 1.807) is 36.7 Å². The van der Waals surface area contributed by atoms with Gasteiger partial charge in [0.05, 0.1) is 17.4 Å². The number of halogens is 1. The number of pyridine rings is 1. The van der Waals surface area contributed by atoms with Gasteiger partial charge >= 0.3 is 0 Å². The molecule has 0 aliphatic rings. The third-order valence-electron chi connectivity index (χ3n) is 3.36. The Hall–Kier alpha value is -2.66. The van der Waals surface area contributed by atoms with Crippen LogP contribution >= 0.6 is 15.9 Å². The number of amides is 1. The summed E-state index contributed by atoms with van der Waals surface area (Å²) in [7, 11) is 0. The number of carbonyl (C=O) groups is 1. The van der Waals surface area contributed by atoms with Crippen LogP contribution in [0.25, 0.3) is 0 Å². The summed E-state index contributed by atoms with van der Waals surface area (Å²) >= 11 is 3.40. The Kier molecular flexibility index (Phi) is 5.23. The van der Waals surface area contributed by atoms with E-state index < -0.39 is 0 Å². The Morgan fingerprint density at radius 1 is 1.04 bits per heavy atom. The molecule has 0 aliphatic heterocycles. The van der Waals surface area contributed by atoms with Crippen molar-refractivity contribution in [1.82, 2.24) is 4.98 Å². The lowest BCUT2D eigenvalue weighted by atomic mass is 10.2. The second-order valence-corrected chi connectivity index (χ2v) is 6.02. The van der Waals surface area contributed by atoms with Gasteiger partial charge in [0, 0.05) is 10.7 Å². The summed E-state index contributed by atoms with van der Waals surface area (Å²) < 4.78 is 6.85. The van der Waals surface area contributed by atoms with E-state index in [1.165, 1.54) is 0 Å². The van der Waals surface area contributed by atoms with E-state index in [4.69, 9.17) is 4.74 Å². The number of ether oxygens (including phenoxy) is 1. The second kappa shape index (κ2) is 7.75. The highest BCUT2D eigenvalue weighted by Gasteiger charge is 2.12. The van der Waals surface area contributed by atoms with Crippen molar-refractivity contribution in [3.8, 4) is 5.75 Å². The molecule has 0 radical (unpaired) electrons. The van der Waals surface area contributed by atoms with Crippen molar-refractivity contribution in [3.05, 3.63) is 88.7 Å². The zero-order valence-electron chi connectivity index (χ0n) is 12.8. The molecule has 0 saturated carbocycles. The van der Waals surface area contributed by atoms with E-state index in [2.05, 4.69) is 26.2 Å². The van der Waals surface area contributed by atoms with Crippen molar-refractivity contribution in [3.63, 3.8) is 0 Å². The predicted molar refractivity (Wildman–Crippen MR) is 97.1 cm³/mol. The molecule has 0 spiro atoms. The molecule has 1 aromatic heterocycles. The van der Waals surface area contributed by atoms with E-state index in [9.17, 15) is 4.79 Å². The fraction of sp³-hybridized carbons (Fsp3) is 0.0526. The van der Waals surface area contributed by atoms with Crippen LogP contribution in [0, 0.1) is 0 Å². The molecule has 0 fully saturated rings. The summed E-state index contributed by atoms with van der Waals surface area (Å²) in [6.45, 7) is 0.393. The quantitative estimate of drug-likeness (QED) is 0.696. The Labute approximate surface area is 148 Å². The Balaban J connectivity index is 1.72. The first-order valence-corrected chi connectivity index (χ1v) is 8.19. The SMILES string of the molecule is O=C(Nc1cccnc1)c1ccccc1OCc1ccc(Br)cc1. The molecule has 120 valence electrons. The summed E-state index contributed by atoms with van der Waals surface area (Å²) in [6, 6.07) is 18.6. The van der Waals surface area contributed by atoms with Gasteiger partial charge in [-0.15, -0.1) is 0 Å². The first-order valence-electron chi connectivity index (χ1n) is 7.40. The fourth-order valence-electron chi connectivity index (χ4n) is 2.16. The summed E-state index contributed by atoms with van der Waals surface area (Å²) in [5.74, 6) is 0.316. The largest absolute Gasteiger partial charge is 0.488 e. The minimum atomic E-state index is -0.227. The van der Waals surface area contributed by atoms with Crippen molar-refractivity contribution in [2.24, 2.45) is 0 Å². The maximum atomic E-state index is 12.5. The molecule has 3 aromatic rings. The van der Waals surface area contributed by atoms with Crippen LogP contribution in [0.3, 0.4) is 0 Å². The molecule has 1 amide bonds. The van der Waals surface area contributed by atoms with Crippen molar-refractivity contribution in [2.45, 2.75) is 6.61 Å². The molecule has 5 heteroatoms. The molecular weight excluding hydrogens is 368 g/mol. The van der Waals surface area contributed by atoms with E-state index in [1.807, 2.05) is 36.4 Å². The highest BCUT2D eigenvalue weighted by atomic mass is 79.9. The van der Waals surface area contributed by atoms with Crippen molar-refractivity contribution in [2.75, 3.05) is 5.32 Å². The van der Waals surface area contributed by atoms with Gasteiger partial charge in [-0.2, -0.15) is 0 Å². The number of carbonyl (C=O) groups excluding carboxylic acids is 1. The lowest BCUT2D eigenvalue weighted by Gasteiger charge is -2.12. The topological polar surface area (TPSA) is 51.2 Å². The molecule has 0 unspecified atom stereocenters. The van der Waals surface area contributed by atoms with E-state index in [-0.39, 0.29) is 5.91 Å². The lowest BCUT2D eigenvalue weighted by molar-refractivity contribution is 0.102. The number of nitrogens with one attached hydrogen (secondary N) is 1. The predicted octanol–water partition coefficient (Wildman–Crippen LogP) is 4.68. The number of para-hydroxylation sites is 1. The summed E-state index contributed by atoms with van der Waals surface area (Å²) in [5, 5.41) is 2.82. The number of hydrogen-bond acceptors (Lipinski definition) is 3. The van der Waals surface area contributed by atoms with Gasteiger partial charge in [0.25, 0.3) is 5.91 Å². The molecule has 4 nitrogen and oxygen atoms in total. The smallest absolute Gasteiger partial charge is 0.259 e. The van der Waals surface area contributed by atoms with Gasteiger partial charge in [-0.3, -0.25) is 9.78 Å². The summed E-state index contributed by atoms with van der Waals surface area (Å²) in [4.78, 5) is 16.5. The van der Waals surface area contributed by atoms with Crippen LogP contribution in [0.4, 0.5) is 5.69 Å². The van der Waals surface area contributed by atoms with Gasteiger partial charge in [0.1, 0.15) is 12.4 Å². The third-order valence-corrected chi connectivity index (χ3v) is 3.89. The maximum Gasteiger partial charge on any atom is 0.259 e. The lowest BCUT2D eigenvalue weighted by Crippen LogP contribution is -2.13. The zero-order chi connectivity index (χ0) is 16.8. The first kappa shape index (κ1) is 16.2. The van der Waals surface area contributed by atoms with Crippen LogP contribution in [-0.4, -0.2) is 10.9 Å². The highest BCUT2D eigenvalue weighted by Crippen LogP contribution is 2.21. The molecule has 24 heavy (non-hydrogen) atoms. The maximum absolute atomic E-state index is 12.5. The molecule has 2 aromatic carbocycles. The standard InChI is InChI=1S/C19H15BrN2O2/c20-15-9-7-14(8-10-15)13-24-18-6-2-1-5-17(18)19(23)22-16-4-3-11-21-12-16/h1-12H,13H2,(H,22,23). The average Bonchev–Trinajstić information content (AvgIpc) is 2.62. The molecule has 1 N–H and O–H groups in total. The van der Waals surface area contributed by atoms with Crippen LogP contribution < -0.4 is 10.1 Å². The third kappa shape index (κ3) is 4.20. The Morgan fingerprint density at radius 2 is 1.83 bits per heavy atom. The van der Waals surface area contributed by atoms with Crippen LogP contribution in [0.2, 0.25) is 0 Å². The van der Waals surface area contributed by atoms with Crippen LogP contribution in [0.1, 0.15) is 15.9 Å². The van der Waals surface area contributed by atoms with Crippen LogP contribution in [0.15, 0.2) is 77.5 Å². The highest BCUT2D eigenvalue weighted by molar-refractivity contribution is 9.10. The zero-order valence-corrected chi connectivity index (χ0v) is 14.4. The second-order valence-electron chi connectivity index (χ2n) is 5.11. The number of anilines is 1. The first-order chi connectivity index (χ1) is 11.7. The van der Waals surface area contributed by atoms with Gasteiger partial charge in [-0.1, -0.05) is 40.2 Å². The number of hydrogen-bond donors (Lipinski definition) is 1. The monoisotopic (exact) mass is 382 g/mol. The molecule has 0 aliphatic carbocycles. The fourth-order valence-corrected chi connectivity index (χ4v) is 2.42. The van der Waals surface area contributed by atoms with Crippen molar-refractivity contribution < 1.29 is 9.53 Å². The summed E-state index contributed by atoms with van der Waals surface area (Å²) in [5.41, 5.74) is 2.16. The van der Waals surface area contributed by atoms with Crippen LogP contribution in [-0.2, 0) is 6.61 Å². The van der Waals surface area contributed by atoms with Gasteiger partial charge in [-0.05, 0) is 42.0 Å². The molecule has 0 bridgehead atoms. The van der Waals surface area contributed by atoms with E-state index >= 15 is 0 Å². The minimum absolute atomic E-state index is 0.227. The van der Waals surface area contributed by atoms with Crippen molar-refractivity contribution in [1.29, 1.82) is 0 Å².